The summed E-state index contributed by atoms with van der Waals surface area (Å²) in [6.45, 7) is 8.14. The van der Waals surface area contributed by atoms with E-state index in [1.807, 2.05) is 39.0 Å². The van der Waals surface area contributed by atoms with Gasteiger partial charge in [0.05, 0.1) is 40.6 Å². The highest BCUT2D eigenvalue weighted by Crippen LogP contribution is 2.44. The summed E-state index contributed by atoms with van der Waals surface area (Å²) in [5, 5.41) is 3.08. The maximum atomic E-state index is 13.7. The van der Waals surface area contributed by atoms with E-state index in [2.05, 4.69) is 0 Å². The van der Waals surface area contributed by atoms with Gasteiger partial charge in [0.15, 0.2) is 23.0 Å². The van der Waals surface area contributed by atoms with Gasteiger partial charge in [0.1, 0.15) is 5.60 Å². The SMILES string of the molecule is CCOC(=O)c1c(CC2CCCN2C(=O)OC(C)(C)C)c2cc(OC)c(OC)cc2c2cc(OC)c(OC)cc12. The van der Waals surface area contributed by atoms with Gasteiger partial charge in [-0.25, -0.2) is 9.59 Å². The molecule has 0 radical (unpaired) electrons. The largest absolute Gasteiger partial charge is 0.493 e. The van der Waals surface area contributed by atoms with Crippen molar-refractivity contribution < 1.29 is 38.0 Å². The molecule has 9 heteroatoms. The maximum Gasteiger partial charge on any atom is 0.410 e. The number of methoxy groups -OCH3 is 4. The topological polar surface area (TPSA) is 92.8 Å². The van der Waals surface area contributed by atoms with E-state index in [9.17, 15) is 9.59 Å². The highest BCUT2D eigenvalue weighted by molar-refractivity contribution is 6.19. The van der Waals surface area contributed by atoms with Gasteiger partial charge in [0, 0.05) is 18.0 Å². The number of ether oxygens (including phenoxy) is 6. The van der Waals surface area contributed by atoms with E-state index >= 15 is 0 Å². The van der Waals surface area contributed by atoms with Gasteiger partial charge in [-0.2, -0.15) is 0 Å². The maximum absolute atomic E-state index is 13.7. The first-order valence-corrected chi connectivity index (χ1v) is 13.5. The standard InChI is InChI=1S/C31H39NO8/c1-9-39-29(33)28-22(13-18-11-10-12-32(18)30(34)40-31(2,3)4)20-15-25(36-6)24(35-5)14-19(20)21-16-26(37-7)27(38-8)17-23(21)28/h14-18H,9-13H2,1-8H3. The molecule has 4 rings (SSSR count). The Morgan fingerprint density at radius 2 is 1.32 bits per heavy atom. The average molecular weight is 554 g/mol. The molecule has 1 atom stereocenters. The second-order valence-corrected chi connectivity index (χ2v) is 10.8. The van der Waals surface area contributed by atoms with Crippen LogP contribution in [0.4, 0.5) is 4.79 Å². The molecule has 0 aromatic heterocycles. The summed E-state index contributed by atoms with van der Waals surface area (Å²) >= 11 is 0. The fourth-order valence-electron chi connectivity index (χ4n) is 5.45. The number of carbonyl (C=O) groups is 2. The smallest absolute Gasteiger partial charge is 0.410 e. The van der Waals surface area contributed by atoms with Gasteiger partial charge >= 0.3 is 12.1 Å². The number of amides is 1. The van der Waals surface area contributed by atoms with Crippen LogP contribution in [0.1, 0.15) is 56.5 Å². The molecule has 3 aromatic carbocycles. The van der Waals surface area contributed by atoms with E-state index in [0.717, 1.165) is 34.6 Å². The van der Waals surface area contributed by atoms with Crippen LogP contribution < -0.4 is 18.9 Å². The Morgan fingerprint density at radius 1 is 0.825 bits per heavy atom. The monoisotopic (exact) mass is 553 g/mol. The Hall–Kier alpha value is -3.88. The van der Waals surface area contributed by atoms with Crippen LogP contribution in [0.5, 0.6) is 23.0 Å². The van der Waals surface area contributed by atoms with Gasteiger partial charge in [-0.3, -0.25) is 0 Å². The zero-order valence-electron chi connectivity index (χ0n) is 24.6. The van der Waals surface area contributed by atoms with Crippen LogP contribution in [0, 0.1) is 0 Å². The first-order chi connectivity index (χ1) is 19.1. The van der Waals surface area contributed by atoms with E-state index < -0.39 is 11.6 Å². The van der Waals surface area contributed by atoms with E-state index in [4.69, 9.17) is 28.4 Å². The molecule has 1 aliphatic heterocycles. The van der Waals surface area contributed by atoms with Gasteiger partial charge < -0.3 is 33.3 Å². The van der Waals surface area contributed by atoms with E-state index in [1.54, 1.807) is 46.3 Å². The lowest BCUT2D eigenvalue weighted by atomic mass is 9.87. The number of rotatable bonds is 8. The quantitative estimate of drug-likeness (QED) is 0.242. The third kappa shape index (κ3) is 5.55. The molecule has 1 aliphatic rings. The molecule has 1 heterocycles. The number of carbonyl (C=O) groups excluding carboxylic acids is 2. The summed E-state index contributed by atoms with van der Waals surface area (Å²) in [5.74, 6) is 1.65. The third-order valence-electron chi connectivity index (χ3n) is 7.16. The van der Waals surface area contributed by atoms with Gasteiger partial charge in [0.25, 0.3) is 0 Å². The molecule has 1 fully saturated rings. The summed E-state index contributed by atoms with van der Waals surface area (Å²) in [4.78, 5) is 28.6. The van der Waals surface area contributed by atoms with E-state index in [0.29, 0.717) is 46.9 Å². The number of likely N-dealkylation sites (tertiary alicyclic amines) is 1. The summed E-state index contributed by atoms with van der Waals surface area (Å²) in [6.07, 6.45) is 1.68. The highest BCUT2D eigenvalue weighted by atomic mass is 16.6. The predicted octanol–water partition coefficient (Wildman–Crippen LogP) is 6.15. The number of benzene rings is 3. The Morgan fingerprint density at radius 3 is 1.82 bits per heavy atom. The van der Waals surface area contributed by atoms with Crippen LogP contribution in [0.3, 0.4) is 0 Å². The first-order valence-electron chi connectivity index (χ1n) is 13.5. The Balaban J connectivity index is 2.04. The molecule has 3 aromatic rings. The number of nitrogens with zero attached hydrogens (tertiary/aromatic N) is 1. The van der Waals surface area contributed by atoms with Crippen molar-refractivity contribution in [2.45, 2.75) is 58.6 Å². The lowest BCUT2D eigenvalue weighted by Crippen LogP contribution is -2.40. The molecule has 0 bridgehead atoms. The minimum Gasteiger partial charge on any atom is -0.493 e. The normalized spacial score (nSPS) is 15.3. The van der Waals surface area contributed by atoms with E-state index in [-0.39, 0.29) is 18.7 Å². The van der Waals surface area contributed by atoms with Crippen molar-refractivity contribution in [1.82, 2.24) is 4.90 Å². The van der Waals surface area contributed by atoms with Crippen LogP contribution in [0.2, 0.25) is 0 Å². The van der Waals surface area contributed by atoms with Crippen molar-refractivity contribution in [2.24, 2.45) is 0 Å². The fourth-order valence-corrected chi connectivity index (χ4v) is 5.45. The molecule has 9 nitrogen and oxygen atoms in total. The molecule has 0 aliphatic carbocycles. The Kier molecular flexibility index (Phi) is 8.51. The summed E-state index contributed by atoms with van der Waals surface area (Å²) < 4.78 is 33.8. The summed E-state index contributed by atoms with van der Waals surface area (Å²) in [6, 6.07) is 7.28. The summed E-state index contributed by atoms with van der Waals surface area (Å²) in [5.41, 5.74) is 0.568. The van der Waals surface area contributed by atoms with Gasteiger partial charge in [-0.15, -0.1) is 0 Å². The Labute approximate surface area is 235 Å². The number of fused-ring (bicyclic) bond motifs is 3. The van der Waals surface area contributed by atoms with Crippen LogP contribution in [0.15, 0.2) is 24.3 Å². The molecule has 1 amide bonds. The molecular weight excluding hydrogens is 514 g/mol. The van der Waals surface area contributed by atoms with Crippen molar-refractivity contribution in [3.05, 3.63) is 35.4 Å². The lowest BCUT2D eigenvalue weighted by molar-refractivity contribution is 0.0227. The molecule has 0 spiro atoms. The molecule has 1 unspecified atom stereocenters. The third-order valence-corrected chi connectivity index (χ3v) is 7.16. The first kappa shape index (κ1) is 29.1. The zero-order chi connectivity index (χ0) is 29.2. The fraction of sp³-hybridized carbons (Fsp3) is 0.484. The van der Waals surface area contributed by atoms with Crippen molar-refractivity contribution in [1.29, 1.82) is 0 Å². The zero-order valence-corrected chi connectivity index (χ0v) is 24.6. The molecule has 216 valence electrons. The number of hydrogen-bond donors (Lipinski definition) is 0. The molecular formula is C31H39NO8. The van der Waals surface area contributed by atoms with Crippen LogP contribution in [-0.4, -0.2) is 70.2 Å². The van der Waals surface area contributed by atoms with E-state index in [1.165, 1.54) is 0 Å². The Bertz CT molecular complexity index is 1430. The van der Waals surface area contributed by atoms with Crippen molar-refractivity contribution in [3.63, 3.8) is 0 Å². The van der Waals surface area contributed by atoms with Crippen molar-refractivity contribution >= 4 is 33.6 Å². The van der Waals surface area contributed by atoms with Gasteiger partial charge in [-0.05, 0) is 92.9 Å². The van der Waals surface area contributed by atoms with Crippen LogP contribution >= 0.6 is 0 Å². The molecule has 0 saturated carbocycles. The second kappa shape index (κ2) is 11.7. The minimum absolute atomic E-state index is 0.170. The predicted molar refractivity (Wildman–Crippen MR) is 153 cm³/mol. The van der Waals surface area contributed by atoms with Crippen LogP contribution in [0.25, 0.3) is 21.5 Å². The highest BCUT2D eigenvalue weighted by Gasteiger charge is 2.34. The number of hydrogen-bond acceptors (Lipinski definition) is 8. The van der Waals surface area contributed by atoms with Crippen molar-refractivity contribution in [3.8, 4) is 23.0 Å². The molecule has 0 N–H and O–H groups in total. The van der Waals surface area contributed by atoms with Gasteiger partial charge in [-0.1, -0.05) is 0 Å². The molecule has 40 heavy (non-hydrogen) atoms. The van der Waals surface area contributed by atoms with Crippen molar-refractivity contribution in [2.75, 3.05) is 41.6 Å². The minimum atomic E-state index is -0.616. The molecule has 1 saturated heterocycles. The number of esters is 1. The van der Waals surface area contributed by atoms with Gasteiger partial charge in [0.2, 0.25) is 0 Å². The second-order valence-electron chi connectivity index (χ2n) is 10.8. The summed E-state index contributed by atoms with van der Waals surface area (Å²) in [7, 11) is 6.29. The average Bonchev–Trinajstić information content (AvgIpc) is 3.39. The van der Waals surface area contributed by atoms with Crippen LogP contribution in [-0.2, 0) is 15.9 Å². The lowest BCUT2D eigenvalue weighted by Gasteiger charge is -2.29.